The molecule has 0 unspecified atom stereocenters. The van der Waals surface area contributed by atoms with Crippen LogP contribution in [-0.4, -0.2) is 11.9 Å². The van der Waals surface area contributed by atoms with Crippen LogP contribution in [-0.2, 0) is 11.2 Å². The Kier molecular flexibility index (Phi) is 3.23. The number of benzene rings is 1. The van der Waals surface area contributed by atoms with Gasteiger partial charge in [-0.15, -0.1) is 0 Å². The number of carbonyl (C=O) groups excluding carboxylic acids is 2. The fraction of sp³-hybridized carbons (Fsp3) is 0.200. The molecule has 0 radical (unpaired) electrons. The van der Waals surface area contributed by atoms with Gasteiger partial charge in [-0.05, 0) is 30.0 Å². The molecule has 0 aromatic heterocycles. The van der Waals surface area contributed by atoms with Crippen molar-refractivity contribution < 1.29 is 19.8 Å². The predicted molar refractivity (Wildman–Crippen MR) is 44.1 cm³/mol. The third-order valence-electron chi connectivity index (χ3n) is 1.78. The zero-order valence-corrected chi connectivity index (χ0v) is 7.36. The number of hydrogen-bond acceptors (Lipinski definition) is 4. The highest BCUT2D eigenvalue weighted by atomic mass is 16.4. The second-order valence-electron chi connectivity index (χ2n) is 2.86. The molecule has 0 bridgehead atoms. The second kappa shape index (κ2) is 4.41. The minimum absolute atomic E-state index is 0.0563. The van der Waals surface area contributed by atoms with Gasteiger partial charge in [0.2, 0.25) is 0 Å². The Balaban J connectivity index is 2.73. The minimum Gasteiger partial charge on any atom is -0.550 e. The average molecular weight is 192 g/mol. The van der Waals surface area contributed by atoms with Gasteiger partial charge in [-0.2, -0.15) is 0 Å². The average Bonchev–Trinajstić information content (AvgIpc) is 2.15. The summed E-state index contributed by atoms with van der Waals surface area (Å²) in [7, 11) is 0. The largest absolute Gasteiger partial charge is 0.550 e. The molecule has 0 spiro atoms. The number of carbonyl (C=O) groups is 2. The summed E-state index contributed by atoms with van der Waals surface area (Å²) < 4.78 is 0. The van der Waals surface area contributed by atoms with E-state index in [1.807, 2.05) is 0 Å². The molecule has 0 saturated carbocycles. The van der Waals surface area contributed by atoms with Crippen molar-refractivity contribution in [2.75, 3.05) is 0 Å². The maximum atomic E-state index is 10.5. The highest BCUT2D eigenvalue weighted by molar-refractivity contribution is 5.85. The number of carboxylic acids is 2. The van der Waals surface area contributed by atoms with E-state index in [2.05, 4.69) is 0 Å². The molecule has 0 atom stereocenters. The lowest BCUT2D eigenvalue weighted by Crippen LogP contribution is -2.23. The summed E-state index contributed by atoms with van der Waals surface area (Å²) in [5.41, 5.74) is 0.705. The molecule has 0 fully saturated rings. The van der Waals surface area contributed by atoms with E-state index in [0.717, 1.165) is 0 Å². The van der Waals surface area contributed by atoms with Crippen molar-refractivity contribution in [2.45, 2.75) is 12.8 Å². The van der Waals surface area contributed by atoms with Gasteiger partial charge in [0.15, 0.2) is 0 Å². The van der Waals surface area contributed by atoms with Crippen LogP contribution in [0.4, 0.5) is 0 Å². The molecule has 1 aromatic carbocycles. The fourth-order valence-electron chi connectivity index (χ4n) is 1.10. The van der Waals surface area contributed by atoms with Crippen LogP contribution < -0.4 is 10.2 Å². The van der Waals surface area contributed by atoms with E-state index < -0.39 is 11.9 Å². The standard InChI is InChI=1S/C10H10O4/c11-9(12)5-4-7-2-1-3-8(6-7)10(13)14/h1-3,6H,4-5H2,(H,11,12)(H,13,14)/p-2. The zero-order valence-electron chi connectivity index (χ0n) is 7.36. The van der Waals surface area contributed by atoms with Crippen molar-refractivity contribution in [3.63, 3.8) is 0 Å². The zero-order chi connectivity index (χ0) is 10.6. The topological polar surface area (TPSA) is 80.3 Å². The molecule has 0 N–H and O–H groups in total. The van der Waals surface area contributed by atoms with Crippen LogP contribution >= 0.6 is 0 Å². The molecule has 1 aromatic rings. The molecule has 4 heteroatoms. The van der Waals surface area contributed by atoms with Gasteiger partial charge < -0.3 is 19.8 Å². The Bertz CT molecular complexity index is 357. The third kappa shape index (κ3) is 2.90. The number of carboxylic acid groups (broad SMARTS) is 2. The molecule has 0 aliphatic carbocycles. The normalized spacial score (nSPS) is 9.71. The Morgan fingerprint density at radius 2 is 1.93 bits per heavy atom. The maximum Gasteiger partial charge on any atom is 0.0715 e. The van der Waals surface area contributed by atoms with E-state index in [4.69, 9.17) is 0 Å². The van der Waals surface area contributed by atoms with Crippen LogP contribution in [0, 0.1) is 0 Å². The van der Waals surface area contributed by atoms with E-state index in [1.54, 1.807) is 12.1 Å². The smallest absolute Gasteiger partial charge is 0.0715 e. The Labute approximate surface area is 80.8 Å². The molecule has 0 aliphatic rings. The molecule has 0 aliphatic heterocycles. The summed E-state index contributed by atoms with van der Waals surface area (Å²) in [5.74, 6) is -2.41. The van der Waals surface area contributed by atoms with E-state index >= 15 is 0 Å². The van der Waals surface area contributed by atoms with Crippen molar-refractivity contribution in [3.05, 3.63) is 35.4 Å². The highest BCUT2D eigenvalue weighted by Crippen LogP contribution is 2.06. The lowest BCUT2D eigenvalue weighted by atomic mass is 10.1. The van der Waals surface area contributed by atoms with Crippen LogP contribution in [0.2, 0.25) is 0 Å². The van der Waals surface area contributed by atoms with Crippen molar-refractivity contribution in [3.8, 4) is 0 Å². The third-order valence-corrected chi connectivity index (χ3v) is 1.78. The summed E-state index contributed by atoms with van der Waals surface area (Å²) >= 11 is 0. The molecule has 0 saturated heterocycles. The SMILES string of the molecule is O=C([O-])CCc1cccc(C(=O)[O-])c1. The molecule has 4 nitrogen and oxygen atoms in total. The van der Waals surface area contributed by atoms with E-state index in [0.29, 0.717) is 5.56 Å². The number of aryl methyl sites for hydroxylation is 1. The van der Waals surface area contributed by atoms with Crippen LogP contribution in [0.1, 0.15) is 22.3 Å². The van der Waals surface area contributed by atoms with Crippen LogP contribution in [0.5, 0.6) is 0 Å². The van der Waals surface area contributed by atoms with E-state index in [-0.39, 0.29) is 18.4 Å². The minimum atomic E-state index is -1.26. The van der Waals surface area contributed by atoms with Crippen LogP contribution in [0.3, 0.4) is 0 Å². The van der Waals surface area contributed by atoms with Gasteiger partial charge in [-0.25, -0.2) is 0 Å². The first-order chi connectivity index (χ1) is 6.59. The van der Waals surface area contributed by atoms with Gasteiger partial charge in [0.1, 0.15) is 0 Å². The first-order valence-corrected chi connectivity index (χ1v) is 4.09. The fourth-order valence-corrected chi connectivity index (χ4v) is 1.10. The van der Waals surface area contributed by atoms with Crippen molar-refractivity contribution in [1.82, 2.24) is 0 Å². The summed E-state index contributed by atoms with van der Waals surface area (Å²) in [6, 6.07) is 6.02. The van der Waals surface area contributed by atoms with E-state index in [9.17, 15) is 19.8 Å². The van der Waals surface area contributed by atoms with Gasteiger partial charge >= 0.3 is 0 Å². The first kappa shape index (κ1) is 10.2. The molecule has 74 valence electrons. The number of aromatic carboxylic acids is 1. The Hall–Kier alpha value is -1.84. The molecular weight excluding hydrogens is 184 g/mol. The van der Waals surface area contributed by atoms with E-state index in [1.165, 1.54) is 12.1 Å². The second-order valence-corrected chi connectivity index (χ2v) is 2.86. The lowest BCUT2D eigenvalue weighted by molar-refractivity contribution is -0.305. The quantitative estimate of drug-likeness (QED) is 0.595. The summed E-state index contributed by atoms with van der Waals surface area (Å²) in [4.78, 5) is 20.6. The summed E-state index contributed by atoms with van der Waals surface area (Å²) in [5, 5.41) is 20.6. The number of aliphatic carboxylic acids is 1. The monoisotopic (exact) mass is 192 g/mol. The van der Waals surface area contributed by atoms with Gasteiger partial charge in [-0.3, -0.25) is 0 Å². The van der Waals surface area contributed by atoms with Gasteiger partial charge in [0.25, 0.3) is 0 Å². The van der Waals surface area contributed by atoms with Crippen molar-refractivity contribution >= 4 is 11.9 Å². The molecule has 0 amide bonds. The number of rotatable bonds is 4. The van der Waals surface area contributed by atoms with Crippen LogP contribution in [0.15, 0.2) is 24.3 Å². The molecule has 0 heterocycles. The lowest BCUT2D eigenvalue weighted by Gasteiger charge is -2.06. The Morgan fingerprint density at radius 1 is 1.21 bits per heavy atom. The predicted octanol–water partition coefficient (Wildman–Crippen LogP) is -1.27. The molecular formula is C10H8O4-2. The molecule has 14 heavy (non-hydrogen) atoms. The van der Waals surface area contributed by atoms with Gasteiger partial charge in [0.05, 0.1) is 5.97 Å². The summed E-state index contributed by atoms with van der Waals surface area (Å²) in [6.45, 7) is 0. The Morgan fingerprint density at radius 3 is 2.50 bits per heavy atom. The van der Waals surface area contributed by atoms with Gasteiger partial charge in [-0.1, -0.05) is 18.2 Å². The summed E-state index contributed by atoms with van der Waals surface area (Å²) in [6.07, 6.45) is 0.153. The van der Waals surface area contributed by atoms with Crippen molar-refractivity contribution in [2.24, 2.45) is 0 Å². The van der Waals surface area contributed by atoms with Gasteiger partial charge in [0, 0.05) is 5.97 Å². The first-order valence-electron chi connectivity index (χ1n) is 4.09. The van der Waals surface area contributed by atoms with Crippen LogP contribution in [0.25, 0.3) is 0 Å². The number of hydrogen-bond donors (Lipinski definition) is 0. The van der Waals surface area contributed by atoms with Crippen molar-refractivity contribution in [1.29, 1.82) is 0 Å². The molecule has 1 rings (SSSR count). The highest BCUT2D eigenvalue weighted by Gasteiger charge is 1.97. The maximum absolute atomic E-state index is 10.5.